The maximum Gasteiger partial charge on any atom is 0.224 e. The normalized spacial score (nSPS) is 12.2. The minimum Gasteiger partial charge on any atom is -0.397 e. The molecule has 0 heterocycles. The van der Waals surface area contributed by atoms with Crippen LogP contribution in [-0.2, 0) is 9.53 Å². The number of methoxy groups -OCH3 is 1. The second-order valence-corrected chi connectivity index (χ2v) is 4.22. The predicted molar refractivity (Wildman–Crippen MR) is 69.9 cm³/mol. The number of ether oxygens (including phenoxy) is 1. The Morgan fingerprint density at radius 3 is 2.82 bits per heavy atom. The van der Waals surface area contributed by atoms with Gasteiger partial charge in [-0.25, -0.2) is 0 Å². The highest BCUT2D eigenvalue weighted by atomic mass is 16.5. The van der Waals surface area contributed by atoms with Gasteiger partial charge in [-0.2, -0.15) is 0 Å². The first-order chi connectivity index (χ1) is 8.02. The molecule has 0 aliphatic heterocycles. The van der Waals surface area contributed by atoms with Crippen molar-refractivity contribution in [2.75, 3.05) is 18.2 Å². The van der Waals surface area contributed by atoms with Crippen molar-refractivity contribution >= 4 is 17.3 Å². The van der Waals surface area contributed by atoms with Crippen molar-refractivity contribution in [3.8, 4) is 0 Å². The first-order valence-corrected chi connectivity index (χ1v) is 5.71. The van der Waals surface area contributed by atoms with Gasteiger partial charge in [0.05, 0.1) is 17.5 Å². The van der Waals surface area contributed by atoms with Gasteiger partial charge >= 0.3 is 0 Å². The summed E-state index contributed by atoms with van der Waals surface area (Å²) in [5.41, 5.74) is 8.16. The van der Waals surface area contributed by atoms with Crippen molar-refractivity contribution < 1.29 is 9.53 Å². The molecule has 0 spiro atoms. The Balaban J connectivity index is 2.50. The molecule has 0 radical (unpaired) electrons. The highest BCUT2D eigenvalue weighted by Gasteiger charge is 2.07. The third-order valence-corrected chi connectivity index (χ3v) is 2.66. The Labute approximate surface area is 102 Å². The average molecular weight is 236 g/mol. The van der Waals surface area contributed by atoms with Crippen LogP contribution in [0.15, 0.2) is 18.2 Å². The summed E-state index contributed by atoms with van der Waals surface area (Å²) in [6.07, 6.45) is 1.23. The van der Waals surface area contributed by atoms with Gasteiger partial charge in [-0.3, -0.25) is 4.79 Å². The number of nitrogens with one attached hydrogen (secondary N) is 1. The van der Waals surface area contributed by atoms with Gasteiger partial charge in [0.1, 0.15) is 0 Å². The van der Waals surface area contributed by atoms with Gasteiger partial charge in [0.2, 0.25) is 5.91 Å². The van der Waals surface area contributed by atoms with E-state index in [1.807, 2.05) is 32.0 Å². The van der Waals surface area contributed by atoms with Crippen LogP contribution in [-0.4, -0.2) is 19.1 Å². The van der Waals surface area contributed by atoms with E-state index in [9.17, 15) is 4.79 Å². The van der Waals surface area contributed by atoms with E-state index >= 15 is 0 Å². The van der Waals surface area contributed by atoms with Crippen LogP contribution in [0.1, 0.15) is 25.3 Å². The van der Waals surface area contributed by atoms with Crippen LogP contribution in [0.3, 0.4) is 0 Å². The Kier molecular flexibility index (Phi) is 4.97. The molecule has 1 amide bonds. The molecule has 17 heavy (non-hydrogen) atoms. The Hall–Kier alpha value is -1.55. The number of rotatable bonds is 5. The minimum atomic E-state index is -0.0375. The van der Waals surface area contributed by atoms with E-state index in [0.717, 1.165) is 5.56 Å². The van der Waals surface area contributed by atoms with Crippen molar-refractivity contribution in [1.29, 1.82) is 0 Å². The van der Waals surface area contributed by atoms with Crippen LogP contribution >= 0.6 is 0 Å². The summed E-state index contributed by atoms with van der Waals surface area (Å²) in [5, 5.41) is 2.80. The Bertz CT molecular complexity index is 391. The summed E-state index contributed by atoms with van der Waals surface area (Å²) in [6, 6.07) is 5.58. The average Bonchev–Trinajstić information content (AvgIpc) is 2.29. The van der Waals surface area contributed by atoms with Crippen molar-refractivity contribution in [1.82, 2.24) is 0 Å². The first kappa shape index (κ1) is 13.5. The highest BCUT2D eigenvalue weighted by molar-refractivity contribution is 5.93. The second-order valence-electron chi connectivity index (χ2n) is 4.22. The lowest BCUT2D eigenvalue weighted by atomic mass is 10.1. The van der Waals surface area contributed by atoms with Gasteiger partial charge < -0.3 is 15.8 Å². The fraction of sp³-hybridized carbons (Fsp3) is 0.462. The number of amides is 1. The number of carbonyl (C=O) groups excluding carboxylic acids is 1. The number of nitrogens with two attached hydrogens (primary N) is 1. The van der Waals surface area contributed by atoms with Crippen molar-refractivity contribution in [2.45, 2.75) is 32.8 Å². The lowest BCUT2D eigenvalue weighted by Crippen LogP contribution is -2.16. The zero-order valence-electron chi connectivity index (χ0n) is 10.6. The maximum atomic E-state index is 11.6. The molecule has 1 aromatic carbocycles. The smallest absolute Gasteiger partial charge is 0.224 e. The summed E-state index contributed by atoms with van der Waals surface area (Å²) >= 11 is 0. The van der Waals surface area contributed by atoms with Gasteiger partial charge in [-0.15, -0.1) is 0 Å². The highest BCUT2D eigenvalue weighted by Crippen LogP contribution is 2.19. The third kappa shape index (κ3) is 4.44. The van der Waals surface area contributed by atoms with Gasteiger partial charge in [0.15, 0.2) is 0 Å². The molecule has 4 nitrogen and oxygen atoms in total. The van der Waals surface area contributed by atoms with E-state index in [2.05, 4.69) is 5.32 Å². The predicted octanol–water partition coefficient (Wildman–Crippen LogP) is 2.33. The summed E-state index contributed by atoms with van der Waals surface area (Å²) < 4.78 is 5.09. The minimum absolute atomic E-state index is 0.0375. The van der Waals surface area contributed by atoms with Crippen molar-refractivity contribution in [2.24, 2.45) is 0 Å². The topological polar surface area (TPSA) is 64.3 Å². The zero-order valence-corrected chi connectivity index (χ0v) is 10.6. The third-order valence-electron chi connectivity index (χ3n) is 2.66. The summed E-state index contributed by atoms with van der Waals surface area (Å²) in [5.74, 6) is -0.0375. The molecule has 3 N–H and O–H groups in total. The van der Waals surface area contributed by atoms with Gasteiger partial charge in [-0.1, -0.05) is 6.07 Å². The SMILES string of the molecule is COC(C)CCC(=O)Nc1ccc(C)cc1N. The number of hydrogen-bond donors (Lipinski definition) is 2. The quantitative estimate of drug-likeness (QED) is 0.771. The molecule has 0 bridgehead atoms. The number of benzene rings is 1. The second kappa shape index (κ2) is 6.25. The molecule has 4 heteroatoms. The van der Waals surface area contributed by atoms with Crippen LogP contribution < -0.4 is 11.1 Å². The van der Waals surface area contributed by atoms with E-state index in [0.29, 0.717) is 24.2 Å². The first-order valence-electron chi connectivity index (χ1n) is 5.71. The molecular formula is C13H20N2O2. The molecule has 1 rings (SSSR count). The largest absolute Gasteiger partial charge is 0.397 e. The van der Waals surface area contributed by atoms with Gasteiger partial charge in [-0.05, 0) is 38.0 Å². The van der Waals surface area contributed by atoms with Crippen LogP contribution in [0.2, 0.25) is 0 Å². The number of anilines is 2. The Morgan fingerprint density at radius 1 is 1.53 bits per heavy atom. The molecular weight excluding hydrogens is 216 g/mol. The molecule has 0 aliphatic rings. The number of hydrogen-bond acceptors (Lipinski definition) is 3. The number of carbonyl (C=O) groups is 1. The molecule has 0 aromatic heterocycles. The van der Waals surface area contributed by atoms with E-state index in [4.69, 9.17) is 10.5 Å². The molecule has 94 valence electrons. The monoisotopic (exact) mass is 236 g/mol. The molecule has 0 aliphatic carbocycles. The van der Waals surface area contributed by atoms with E-state index in [1.54, 1.807) is 7.11 Å². The standard InChI is InChI=1S/C13H20N2O2/c1-9-4-6-12(11(14)8-9)15-13(16)7-5-10(2)17-3/h4,6,8,10H,5,7,14H2,1-3H3,(H,15,16). The van der Waals surface area contributed by atoms with E-state index < -0.39 is 0 Å². The summed E-state index contributed by atoms with van der Waals surface area (Å²) in [4.78, 5) is 11.6. The summed E-state index contributed by atoms with van der Waals surface area (Å²) in [6.45, 7) is 3.90. The zero-order chi connectivity index (χ0) is 12.8. The lowest BCUT2D eigenvalue weighted by molar-refractivity contribution is -0.116. The fourth-order valence-corrected chi connectivity index (χ4v) is 1.46. The summed E-state index contributed by atoms with van der Waals surface area (Å²) in [7, 11) is 1.64. The fourth-order valence-electron chi connectivity index (χ4n) is 1.46. The van der Waals surface area contributed by atoms with E-state index in [-0.39, 0.29) is 12.0 Å². The molecule has 1 atom stereocenters. The number of aryl methyl sites for hydroxylation is 1. The van der Waals surface area contributed by atoms with Crippen molar-refractivity contribution in [3.05, 3.63) is 23.8 Å². The molecule has 0 saturated heterocycles. The maximum absolute atomic E-state index is 11.6. The number of nitrogen functional groups attached to an aromatic ring is 1. The molecule has 0 saturated carbocycles. The van der Waals surface area contributed by atoms with Gasteiger partial charge in [0, 0.05) is 13.5 Å². The van der Waals surface area contributed by atoms with Crippen LogP contribution in [0.4, 0.5) is 11.4 Å². The Morgan fingerprint density at radius 2 is 2.24 bits per heavy atom. The van der Waals surface area contributed by atoms with Crippen LogP contribution in [0, 0.1) is 6.92 Å². The molecule has 0 fully saturated rings. The van der Waals surface area contributed by atoms with Crippen LogP contribution in [0.5, 0.6) is 0 Å². The lowest BCUT2D eigenvalue weighted by Gasteiger charge is -2.11. The van der Waals surface area contributed by atoms with Gasteiger partial charge in [0.25, 0.3) is 0 Å². The van der Waals surface area contributed by atoms with E-state index in [1.165, 1.54) is 0 Å². The van der Waals surface area contributed by atoms with Crippen LogP contribution in [0.25, 0.3) is 0 Å². The molecule has 1 unspecified atom stereocenters. The molecule has 1 aromatic rings. The van der Waals surface area contributed by atoms with Crippen molar-refractivity contribution in [3.63, 3.8) is 0 Å².